The molecule has 2 heterocycles. The Kier molecular flexibility index (Phi) is 4.33. The van der Waals surface area contributed by atoms with Gasteiger partial charge >= 0.3 is 6.18 Å². The number of benzene rings is 3. The number of amides is 1. The highest BCUT2D eigenvalue weighted by Crippen LogP contribution is 2.39. The Morgan fingerprint density at radius 3 is 2.56 bits per heavy atom. The van der Waals surface area contributed by atoms with Gasteiger partial charge in [-0.1, -0.05) is 30.3 Å². The number of nitrogens with two attached hydrogens (primary N) is 1. The monoisotopic (exact) mass is 435 g/mol. The normalized spacial score (nSPS) is 12.0. The summed E-state index contributed by atoms with van der Waals surface area (Å²) in [5.41, 5.74) is 8.17. The molecule has 0 aliphatic heterocycles. The van der Waals surface area contributed by atoms with Crippen molar-refractivity contribution in [2.24, 2.45) is 5.73 Å². The van der Waals surface area contributed by atoms with Gasteiger partial charge in [-0.25, -0.2) is 4.98 Å². The molecule has 0 aliphatic rings. The van der Waals surface area contributed by atoms with E-state index in [4.69, 9.17) is 10.2 Å². The summed E-state index contributed by atoms with van der Waals surface area (Å²) in [6.45, 7) is 1.73. The third-order valence-electron chi connectivity index (χ3n) is 5.32. The van der Waals surface area contributed by atoms with E-state index in [-0.39, 0.29) is 11.4 Å². The Balaban J connectivity index is 1.86. The molecular weight excluding hydrogens is 419 g/mol. The van der Waals surface area contributed by atoms with Gasteiger partial charge in [-0.2, -0.15) is 13.2 Å². The highest BCUT2D eigenvalue weighted by Gasteiger charge is 2.31. The molecule has 32 heavy (non-hydrogen) atoms. The van der Waals surface area contributed by atoms with Gasteiger partial charge in [-0.15, -0.1) is 0 Å². The summed E-state index contributed by atoms with van der Waals surface area (Å²) in [5, 5.41) is 0.679. The third kappa shape index (κ3) is 3.11. The van der Waals surface area contributed by atoms with E-state index in [1.165, 1.54) is 16.7 Å². The fourth-order valence-corrected chi connectivity index (χ4v) is 4.05. The average molecular weight is 435 g/mol. The second-order valence-electron chi connectivity index (χ2n) is 7.40. The minimum Gasteiger partial charge on any atom is -0.441 e. The van der Waals surface area contributed by atoms with Crippen LogP contribution in [0.5, 0.6) is 0 Å². The van der Waals surface area contributed by atoms with E-state index in [0.717, 1.165) is 12.1 Å². The number of carbonyl (C=O) groups excluding carboxylic acids is 1. The standard InChI is InChI=1S/C24H16F3N3O2/c1-13-29-18-11-14(9-10-20(18)32-13)21-17-7-2-3-8-19(17)30(22(21)23(28)31)16-6-4-5-15(12-16)24(25,26)27/h2-12H,1H3,(H2,28,31). The maximum absolute atomic E-state index is 13.4. The number of hydrogen-bond acceptors (Lipinski definition) is 3. The Labute approximate surface area is 179 Å². The zero-order valence-corrected chi connectivity index (χ0v) is 16.8. The van der Waals surface area contributed by atoms with Crippen LogP contribution in [-0.4, -0.2) is 15.5 Å². The lowest BCUT2D eigenvalue weighted by Crippen LogP contribution is -2.17. The van der Waals surface area contributed by atoms with Crippen LogP contribution in [0, 0.1) is 6.92 Å². The lowest BCUT2D eigenvalue weighted by molar-refractivity contribution is -0.137. The van der Waals surface area contributed by atoms with Gasteiger partial charge in [0.2, 0.25) is 0 Å². The maximum atomic E-state index is 13.4. The van der Waals surface area contributed by atoms with Crippen molar-refractivity contribution in [3.8, 4) is 16.8 Å². The summed E-state index contributed by atoms with van der Waals surface area (Å²) in [6.07, 6.45) is -4.52. The molecule has 160 valence electrons. The number of aromatic nitrogens is 2. The van der Waals surface area contributed by atoms with Crippen molar-refractivity contribution in [3.63, 3.8) is 0 Å². The fourth-order valence-electron chi connectivity index (χ4n) is 4.05. The molecule has 0 saturated heterocycles. The van der Waals surface area contributed by atoms with Gasteiger partial charge in [0, 0.05) is 23.6 Å². The zero-order chi connectivity index (χ0) is 22.6. The summed E-state index contributed by atoms with van der Waals surface area (Å²) < 4.78 is 47.1. The molecule has 0 fully saturated rings. The first-order chi connectivity index (χ1) is 15.2. The minimum atomic E-state index is -4.52. The van der Waals surface area contributed by atoms with Gasteiger partial charge in [-0.05, 0) is 42.0 Å². The summed E-state index contributed by atoms with van der Waals surface area (Å²) in [5.74, 6) is -0.260. The van der Waals surface area contributed by atoms with E-state index in [1.807, 2.05) is 0 Å². The number of halogens is 3. The van der Waals surface area contributed by atoms with E-state index < -0.39 is 17.6 Å². The first-order valence-electron chi connectivity index (χ1n) is 9.72. The van der Waals surface area contributed by atoms with Crippen LogP contribution in [0.15, 0.2) is 71.1 Å². The molecule has 0 atom stereocenters. The van der Waals surface area contributed by atoms with Crippen LogP contribution in [0.1, 0.15) is 21.9 Å². The van der Waals surface area contributed by atoms with Gasteiger partial charge in [0.15, 0.2) is 11.5 Å². The van der Waals surface area contributed by atoms with Crippen LogP contribution in [0.2, 0.25) is 0 Å². The molecule has 8 heteroatoms. The van der Waals surface area contributed by atoms with Crippen LogP contribution < -0.4 is 5.73 Å². The van der Waals surface area contributed by atoms with Crippen molar-refractivity contribution in [1.82, 2.24) is 9.55 Å². The van der Waals surface area contributed by atoms with Crippen molar-refractivity contribution in [2.75, 3.05) is 0 Å². The highest BCUT2D eigenvalue weighted by atomic mass is 19.4. The van der Waals surface area contributed by atoms with Crippen LogP contribution in [-0.2, 0) is 6.18 Å². The number of oxazole rings is 1. The lowest BCUT2D eigenvalue weighted by Gasteiger charge is -2.13. The van der Waals surface area contributed by atoms with Gasteiger partial charge in [0.05, 0.1) is 11.1 Å². The topological polar surface area (TPSA) is 74.0 Å². The first-order valence-corrected chi connectivity index (χ1v) is 9.72. The Morgan fingerprint density at radius 2 is 1.81 bits per heavy atom. The van der Waals surface area contributed by atoms with Gasteiger partial charge in [-0.3, -0.25) is 4.79 Å². The summed E-state index contributed by atoms with van der Waals surface area (Å²) in [6, 6.07) is 17.2. The number of carbonyl (C=O) groups is 1. The lowest BCUT2D eigenvalue weighted by atomic mass is 10.0. The van der Waals surface area contributed by atoms with E-state index in [9.17, 15) is 18.0 Å². The number of fused-ring (bicyclic) bond motifs is 2. The number of hydrogen-bond donors (Lipinski definition) is 1. The zero-order valence-electron chi connectivity index (χ0n) is 16.8. The number of alkyl halides is 3. The maximum Gasteiger partial charge on any atom is 0.416 e. The Hall–Kier alpha value is -4.07. The molecule has 5 nitrogen and oxygen atoms in total. The number of aryl methyl sites for hydroxylation is 1. The summed E-state index contributed by atoms with van der Waals surface area (Å²) in [4.78, 5) is 17.0. The van der Waals surface area contributed by atoms with Crippen LogP contribution in [0.3, 0.4) is 0 Å². The Bertz CT molecular complexity index is 1510. The number of nitrogens with zero attached hydrogens (tertiary/aromatic N) is 2. The van der Waals surface area contributed by atoms with Crippen LogP contribution >= 0.6 is 0 Å². The summed E-state index contributed by atoms with van der Waals surface area (Å²) in [7, 11) is 0. The van der Waals surface area contributed by atoms with Crippen molar-refractivity contribution < 1.29 is 22.4 Å². The van der Waals surface area contributed by atoms with Crippen LogP contribution in [0.4, 0.5) is 13.2 Å². The van der Waals surface area contributed by atoms with E-state index in [1.54, 1.807) is 49.4 Å². The van der Waals surface area contributed by atoms with Gasteiger partial charge in [0.25, 0.3) is 5.91 Å². The predicted octanol–water partition coefficient (Wildman–Crippen LogP) is 5.86. The second kappa shape index (κ2) is 6.98. The predicted molar refractivity (Wildman–Crippen MR) is 115 cm³/mol. The van der Waals surface area contributed by atoms with Gasteiger partial charge in [0.1, 0.15) is 11.2 Å². The van der Waals surface area contributed by atoms with Crippen molar-refractivity contribution >= 4 is 27.9 Å². The minimum absolute atomic E-state index is 0.0880. The van der Waals surface area contributed by atoms with E-state index in [0.29, 0.717) is 39.0 Å². The molecule has 5 aromatic rings. The number of primary amides is 1. The SMILES string of the molecule is Cc1nc2cc(-c3c(C(N)=O)n(-c4cccc(C(F)(F)F)c4)c4ccccc34)ccc2o1. The molecule has 3 aromatic carbocycles. The number of para-hydroxylation sites is 1. The molecule has 1 amide bonds. The highest BCUT2D eigenvalue weighted by molar-refractivity contribution is 6.11. The fraction of sp³-hybridized carbons (Fsp3) is 0.0833. The quantitative estimate of drug-likeness (QED) is 0.385. The first kappa shape index (κ1) is 19.9. The molecular formula is C24H16F3N3O2. The van der Waals surface area contributed by atoms with Gasteiger partial charge < -0.3 is 14.7 Å². The molecule has 0 saturated carbocycles. The molecule has 2 aromatic heterocycles. The molecule has 0 spiro atoms. The van der Waals surface area contributed by atoms with E-state index >= 15 is 0 Å². The molecule has 0 bridgehead atoms. The molecule has 0 unspecified atom stereocenters. The molecule has 0 radical (unpaired) electrons. The third-order valence-corrected chi connectivity index (χ3v) is 5.32. The smallest absolute Gasteiger partial charge is 0.416 e. The second-order valence-corrected chi connectivity index (χ2v) is 7.40. The molecule has 2 N–H and O–H groups in total. The van der Waals surface area contributed by atoms with Crippen molar-refractivity contribution in [2.45, 2.75) is 13.1 Å². The van der Waals surface area contributed by atoms with E-state index in [2.05, 4.69) is 4.98 Å². The van der Waals surface area contributed by atoms with Crippen molar-refractivity contribution in [1.29, 1.82) is 0 Å². The molecule has 5 rings (SSSR count). The largest absolute Gasteiger partial charge is 0.441 e. The van der Waals surface area contributed by atoms with Crippen LogP contribution in [0.25, 0.3) is 38.8 Å². The van der Waals surface area contributed by atoms with Crippen molar-refractivity contribution in [3.05, 3.63) is 83.9 Å². The molecule has 0 aliphatic carbocycles. The average Bonchev–Trinajstić information content (AvgIpc) is 3.29. The summed E-state index contributed by atoms with van der Waals surface area (Å²) >= 11 is 0. The number of rotatable bonds is 3. The Morgan fingerprint density at radius 1 is 1.03 bits per heavy atom.